The molecule has 0 spiro atoms. The normalized spacial score (nSPS) is 15.0. The van der Waals surface area contributed by atoms with E-state index in [4.69, 9.17) is 11.6 Å². The maximum absolute atomic E-state index is 12.6. The molecular weight excluding hydrogens is 326 g/mol. The van der Waals surface area contributed by atoms with Crippen LogP contribution in [0.5, 0.6) is 0 Å². The highest BCUT2D eigenvalue weighted by Gasteiger charge is 2.23. The molecule has 1 aromatic carbocycles. The minimum Gasteiger partial charge on any atom is -0.337 e. The van der Waals surface area contributed by atoms with Crippen LogP contribution in [-0.2, 0) is 0 Å². The average molecular weight is 344 g/mol. The van der Waals surface area contributed by atoms with Gasteiger partial charge in [0.2, 0.25) is 0 Å². The maximum atomic E-state index is 12.6. The number of pyridine rings is 1. The molecule has 1 aliphatic rings. The van der Waals surface area contributed by atoms with Crippen molar-refractivity contribution >= 4 is 23.4 Å². The minimum atomic E-state index is -0.0867. The van der Waals surface area contributed by atoms with Crippen molar-refractivity contribution in [3.05, 3.63) is 64.9 Å². The van der Waals surface area contributed by atoms with E-state index in [9.17, 15) is 9.59 Å². The number of aromatic nitrogens is 1. The molecule has 0 bridgehead atoms. The predicted molar refractivity (Wildman–Crippen MR) is 92.1 cm³/mol. The molecule has 0 saturated carbocycles. The summed E-state index contributed by atoms with van der Waals surface area (Å²) < 4.78 is 0. The first-order valence-corrected chi connectivity index (χ1v) is 8.28. The van der Waals surface area contributed by atoms with Crippen molar-refractivity contribution in [1.82, 2.24) is 14.8 Å². The van der Waals surface area contributed by atoms with Crippen LogP contribution in [0.3, 0.4) is 0 Å². The van der Waals surface area contributed by atoms with Crippen LogP contribution in [0.15, 0.2) is 48.7 Å². The van der Waals surface area contributed by atoms with Crippen molar-refractivity contribution < 1.29 is 9.59 Å². The minimum absolute atomic E-state index is 0.0289. The van der Waals surface area contributed by atoms with Crippen molar-refractivity contribution in [3.8, 4) is 0 Å². The summed E-state index contributed by atoms with van der Waals surface area (Å²) in [5.41, 5.74) is 1.05. The third-order valence-electron chi connectivity index (χ3n) is 4.05. The zero-order valence-electron chi connectivity index (χ0n) is 13.2. The Bertz CT molecular complexity index is 719. The smallest absolute Gasteiger partial charge is 0.272 e. The van der Waals surface area contributed by atoms with Crippen LogP contribution < -0.4 is 0 Å². The number of carbonyl (C=O) groups is 2. The second-order valence-electron chi connectivity index (χ2n) is 5.66. The Labute approximate surface area is 145 Å². The lowest BCUT2D eigenvalue weighted by Gasteiger charge is -2.22. The van der Waals surface area contributed by atoms with Gasteiger partial charge in [0.05, 0.1) is 0 Å². The van der Waals surface area contributed by atoms with E-state index < -0.39 is 0 Å². The second-order valence-corrected chi connectivity index (χ2v) is 6.10. The largest absolute Gasteiger partial charge is 0.337 e. The molecular formula is C18H18ClN3O2. The molecule has 1 aromatic heterocycles. The van der Waals surface area contributed by atoms with Crippen LogP contribution in [0.2, 0.25) is 5.02 Å². The quantitative estimate of drug-likeness (QED) is 0.842. The molecule has 3 rings (SSSR count). The van der Waals surface area contributed by atoms with E-state index in [1.165, 1.54) is 0 Å². The third kappa shape index (κ3) is 3.74. The number of rotatable bonds is 2. The molecule has 0 aliphatic carbocycles. The van der Waals surface area contributed by atoms with Crippen LogP contribution in [0.1, 0.15) is 27.3 Å². The van der Waals surface area contributed by atoms with Crippen molar-refractivity contribution in [3.63, 3.8) is 0 Å². The van der Waals surface area contributed by atoms with Gasteiger partial charge in [0.1, 0.15) is 5.69 Å². The summed E-state index contributed by atoms with van der Waals surface area (Å²) in [5, 5.41) is 0.606. The van der Waals surface area contributed by atoms with Gasteiger partial charge in [-0.2, -0.15) is 0 Å². The number of nitrogens with zero attached hydrogens (tertiary/aromatic N) is 3. The molecule has 0 unspecified atom stereocenters. The molecule has 2 amide bonds. The lowest BCUT2D eigenvalue weighted by molar-refractivity contribution is 0.0715. The molecule has 1 aliphatic heterocycles. The van der Waals surface area contributed by atoms with Crippen LogP contribution in [-0.4, -0.2) is 52.8 Å². The number of benzene rings is 1. The van der Waals surface area contributed by atoms with Crippen LogP contribution in [0.25, 0.3) is 0 Å². The number of amides is 2. The van der Waals surface area contributed by atoms with E-state index in [-0.39, 0.29) is 11.8 Å². The summed E-state index contributed by atoms with van der Waals surface area (Å²) in [6.07, 6.45) is 2.36. The zero-order valence-corrected chi connectivity index (χ0v) is 13.9. The SMILES string of the molecule is O=C(c1ccc(Cl)cc1)N1CCCN(C(=O)c2ccccn2)CC1. The Kier molecular flexibility index (Phi) is 5.11. The van der Waals surface area contributed by atoms with E-state index in [1.54, 1.807) is 58.5 Å². The summed E-state index contributed by atoms with van der Waals surface area (Å²) in [7, 11) is 0. The maximum Gasteiger partial charge on any atom is 0.272 e. The van der Waals surface area contributed by atoms with Gasteiger partial charge in [0, 0.05) is 43.0 Å². The Morgan fingerprint density at radius 2 is 1.54 bits per heavy atom. The van der Waals surface area contributed by atoms with Crippen molar-refractivity contribution in [2.75, 3.05) is 26.2 Å². The van der Waals surface area contributed by atoms with Gasteiger partial charge in [-0.05, 0) is 42.8 Å². The topological polar surface area (TPSA) is 53.5 Å². The summed E-state index contributed by atoms with van der Waals surface area (Å²) in [6.45, 7) is 2.28. The molecule has 2 aromatic rings. The van der Waals surface area contributed by atoms with Gasteiger partial charge < -0.3 is 9.80 Å². The van der Waals surface area contributed by atoms with Crippen molar-refractivity contribution in [2.24, 2.45) is 0 Å². The van der Waals surface area contributed by atoms with Gasteiger partial charge >= 0.3 is 0 Å². The fourth-order valence-electron chi connectivity index (χ4n) is 2.75. The molecule has 24 heavy (non-hydrogen) atoms. The van der Waals surface area contributed by atoms with E-state index in [0.717, 1.165) is 6.42 Å². The average Bonchev–Trinajstić information content (AvgIpc) is 2.88. The highest BCUT2D eigenvalue weighted by molar-refractivity contribution is 6.30. The first-order chi connectivity index (χ1) is 11.6. The van der Waals surface area contributed by atoms with Crippen molar-refractivity contribution in [1.29, 1.82) is 0 Å². The molecule has 2 heterocycles. The number of hydrogen-bond acceptors (Lipinski definition) is 3. The standard InChI is InChI=1S/C18H18ClN3O2/c19-15-7-5-14(6-8-15)17(23)21-10-3-11-22(13-12-21)18(24)16-4-1-2-9-20-16/h1-2,4-9H,3,10-13H2. The zero-order chi connectivity index (χ0) is 16.9. The highest BCUT2D eigenvalue weighted by atomic mass is 35.5. The first-order valence-electron chi connectivity index (χ1n) is 7.90. The van der Waals surface area contributed by atoms with E-state index in [2.05, 4.69) is 4.98 Å². The van der Waals surface area contributed by atoms with E-state index >= 15 is 0 Å². The van der Waals surface area contributed by atoms with Crippen molar-refractivity contribution in [2.45, 2.75) is 6.42 Å². The molecule has 6 heteroatoms. The van der Waals surface area contributed by atoms with Crippen LogP contribution in [0, 0.1) is 0 Å². The molecule has 0 atom stereocenters. The summed E-state index contributed by atoms with van der Waals surface area (Å²) in [5.74, 6) is -0.116. The first kappa shape index (κ1) is 16.5. The van der Waals surface area contributed by atoms with Gasteiger partial charge in [-0.15, -0.1) is 0 Å². The Morgan fingerprint density at radius 1 is 0.875 bits per heavy atom. The third-order valence-corrected chi connectivity index (χ3v) is 4.30. The summed E-state index contributed by atoms with van der Waals surface area (Å²) >= 11 is 5.87. The molecule has 124 valence electrons. The summed E-state index contributed by atoms with van der Waals surface area (Å²) in [4.78, 5) is 32.7. The predicted octanol–water partition coefficient (Wildman–Crippen LogP) is 2.72. The Balaban J connectivity index is 1.65. The number of carbonyl (C=O) groups excluding carboxylic acids is 2. The lowest BCUT2D eigenvalue weighted by atomic mass is 10.2. The van der Waals surface area contributed by atoms with Gasteiger partial charge in [0.15, 0.2) is 0 Å². The monoisotopic (exact) mass is 343 g/mol. The number of halogens is 1. The molecule has 0 radical (unpaired) electrons. The fourth-order valence-corrected chi connectivity index (χ4v) is 2.88. The summed E-state index contributed by atoms with van der Waals surface area (Å²) in [6, 6.07) is 12.2. The van der Waals surface area contributed by atoms with Crippen LogP contribution in [0.4, 0.5) is 0 Å². The van der Waals surface area contributed by atoms with E-state index in [1.807, 2.05) is 0 Å². The second kappa shape index (κ2) is 7.45. The van der Waals surface area contributed by atoms with Gasteiger partial charge in [-0.25, -0.2) is 0 Å². The Morgan fingerprint density at radius 3 is 2.17 bits per heavy atom. The molecule has 1 fully saturated rings. The van der Waals surface area contributed by atoms with Gasteiger partial charge in [-0.3, -0.25) is 14.6 Å². The molecule has 0 N–H and O–H groups in total. The van der Waals surface area contributed by atoms with Gasteiger partial charge in [-0.1, -0.05) is 17.7 Å². The lowest BCUT2D eigenvalue weighted by Crippen LogP contribution is -2.37. The molecule has 1 saturated heterocycles. The molecule has 5 nitrogen and oxygen atoms in total. The van der Waals surface area contributed by atoms with Gasteiger partial charge in [0.25, 0.3) is 11.8 Å². The highest BCUT2D eigenvalue weighted by Crippen LogP contribution is 2.14. The fraction of sp³-hybridized carbons (Fsp3) is 0.278. The Hall–Kier alpha value is -2.40. The van der Waals surface area contributed by atoms with E-state index in [0.29, 0.717) is 42.5 Å². The van der Waals surface area contributed by atoms with Crippen LogP contribution >= 0.6 is 11.6 Å². The number of hydrogen-bond donors (Lipinski definition) is 0.